The number of rotatable bonds is 4. The lowest BCUT2D eigenvalue weighted by molar-refractivity contribution is 0.251. The third-order valence-electron chi connectivity index (χ3n) is 3.82. The van der Waals surface area contributed by atoms with Crippen LogP contribution in [0, 0.1) is 0 Å². The minimum absolute atomic E-state index is 0.259. The molecule has 25 heavy (non-hydrogen) atoms. The van der Waals surface area contributed by atoms with Crippen molar-refractivity contribution in [3.8, 4) is 22.5 Å². The number of urea groups is 1. The predicted molar refractivity (Wildman–Crippen MR) is 93.7 cm³/mol. The van der Waals surface area contributed by atoms with Crippen molar-refractivity contribution in [2.24, 2.45) is 0 Å². The number of carbonyl (C=O) groups excluding carboxylic acids is 1. The third-order valence-corrected chi connectivity index (χ3v) is 3.82. The molecule has 0 atom stereocenters. The first-order valence-electron chi connectivity index (χ1n) is 8.05. The van der Waals surface area contributed by atoms with Gasteiger partial charge in [0.2, 0.25) is 0 Å². The summed E-state index contributed by atoms with van der Waals surface area (Å²) in [5.41, 5.74) is 3.09. The van der Waals surface area contributed by atoms with Crippen LogP contribution in [0.5, 0.6) is 0 Å². The lowest BCUT2D eigenvalue weighted by Gasteiger charge is -2.11. The normalized spacial score (nSPS) is 13.3. The molecular formula is C18H16N6O. The van der Waals surface area contributed by atoms with E-state index in [2.05, 4.69) is 30.6 Å². The molecule has 3 aromatic heterocycles. The van der Waals surface area contributed by atoms with Crippen LogP contribution in [0.25, 0.3) is 22.5 Å². The van der Waals surface area contributed by atoms with Crippen molar-refractivity contribution in [3.63, 3.8) is 0 Å². The van der Waals surface area contributed by atoms with E-state index in [1.54, 1.807) is 31.0 Å². The second-order valence-corrected chi connectivity index (χ2v) is 5.80. The van der Waals surface area contributed by atoms with E-state index in [1.165, 1.54) is 0 Å². The summed E-state index contributed by atoms with van der Waals surface area (Å²) in [5.74, 6) is 0.398. The molecule has 2 N–H and O–H groups in total. The number of nitrogens with zero attached hydrogens (tertiary/aromatic N) is 4. The topological polar surface area (TPSA) is 92.7 Å². The molecule has 0 aromatic carbocycles. The molecule has 7 nitrogen and oxygen atoms in total. The quantitative estimate of drug-likeness (QED) is 0.766. The molecular weight excluding hydrogens is 316 g/mol. The van der Waals surface area contributed by atoms with Crippen molar-refractivity contribution in [2.45, 2.75) is 18.9 Å². The van der Waals surface area contributed by atoms with Gasteiger partial charge in [0.25, 0.3) is 0 Å². The van der Waals surface area contributed by atoms with Crippen LogP contribution >= 0.6 is 0 Å². The van der Waals surface area contributed by atoms with Gasteiger partial charge in [-0.15, -0.1) is 0 Å². The van der Waals surface area contributed by atoms with Gasteiger partial charge < -0.3 is 5.32 Å². The Labute approximate surface area is 144 Å². The number of hydrogen-bond acceptors (Lipinski definition) is 5. The molecule has 0 spiro atoms. The number of amides is 2. The fraction of sp³-hybridized carbons (Fsp3) is 0.167. The van der Waals surface area contributed by atoms with E-state index in [9.17, 15) is 4.79 Å². The zero-order valence-corrected chi connectivity index (χ0v) is 13.4. The van der Waals surface area contributed by atoms with Crippen molar-refractivity contribution in [1.82, 2.24) is 25.3 Å². The number of hydrogen-bond donors (Lipinski definition) is 2. The SMILES string of the molecule is O=C(Nc1cnc(-c2ccncc2)c(-c2cccnc2)n1)NC1CC1. The van der Waals surface area contributed by atoms with Crippen LogP contribution in [0.4, 0.5) is 10.6 Å². The number of pyridine rings is 2. The van der Waals surface area contributed by atoms with Crippen LogP contribution in [0.2, 0.25) is 0 Å². The minimum atomic E-state index is -0.259. The standard InChI is InChI=1S/C18H16N6O/c25-18(22-14-3-4-14)24-15-11-21-16(12-5-8-19-9-6-12)17(23-15)13-2-1-7-20-10-13/h1-2,5-11,14H,3-4H2,(H2,22,23,24,25). The Balaban J connectivity index is 1.70. The molecule has 3 aromatic rings. The Morgan fingerprint density at radius 2 is 1.80 bits per heavy atom. The van der Waals surface area contributed by atoms with E-state index >= 15 is 0 Å². The molecule has 1 saturated carbocycles. The van der Waals surface area contributed by atoms with Gasteiger partial charge in [0.15, 0.2) is 5.82 Å². The highest BCUT2D eigenvalue weighted by Gasteiger charge is 2.23. The van der Waals surface area contributed by atoms with Gasteiger partial charge in [0, 0.05) is 42.0 Å². The van der Waals surface area contributed by atoms with Crippen molar-refractivity contribution in [2.75, 3.05) is 5.32 Å². The summed E-state index contributed by atoms with van der Waals surface area (Å²) in [6.07, 6.45) is 10.5. The first-order valence-corrected chi connectivity index (χ1v) is 8.05. The van der Waals surface area contributed by atoms with Crippen LogP contribution in [0.1, 0.15) is 12.8 Å². The monoisotopic (exact) mass is 332 g/mol. The number of aromatic nitrogens is 4. The lowest BCUT2D eigenvalue weighted by Crippen LogP contribution is -2.30. The lowest BCUT2D eigenvalue weighted by atomic mass is 10.1. The highest BCUT2D eigenvalue weighted by Crippen LogP contribution is 2.29. The Morgan fingerprint density at radius 3 is 2.52 bits per heavy atom. The number of carbonyl (C=O) groups is 1. The van der Waals surface area contributed by atoms with Crippen molar-refractivity contribution in [1.29, 1.82) is 0 Å². The van der Waals surface area contributed by atoms with Crippen molar-refractivity contribution in [3.05, 3.63) is 55.2 Å². The zero-order chi connectivity index (χ0) is 17.1. The van der Waals surface area contributed by atoms with Gasteiger partial charge in [0.05, 0.1) is 11.9 Å². The molecule has 0 radical (unpaired) electrons. The molecule has 0 unspecified atom stereocenters. The molecule has 0 bridgehead atoms. The van der Waals surface area contributed by atoms with Crippen LogP contribution in [-0.4, -0.2) is 32.0 Å². The molecule has 7 heteroatoms. The van der Waals surface area contributed by atoms with Gasteiger partial charge in [-0.3, -0.25) is 20.3 Å². The van der Waals surface area contributed by atoms with Crippen LogP contribution in [0.15, 0.2) is 55.2 Å². The fourth-order valence-corrected chi connectivity index (χ4v) is 2.44. The fourth-order valence-electron chi connectivity index (χ4n) is 2.44. The highest BCUT2D eigenvalue weighted by molar-refractivity contribution is 5.89. The largest absolute Gasteiger partial charge is 0.335 e. The van der Waals surface area contributed by atoms with Crippen molar-refractivity contribution < 1.29 is 4.79 Å². The van der Waals surface area contributed by atoms with Gasteiger partial charge in [-0.05, 0) is 37.1 Å². The highest BCUT2D eigenvalue weighted by atomic mass is 16.2. The molecule has 4 rings (SSSR count). The van der Waals surface area contributed by atoms with Crippen LogP contribution in [-0.2, 0) is 0 Å². The first kappa shape index (κ1) is 15.2. The second-order valence-electron chi connectivity index (χ2n) is 5.80. The summed E-state index contributed by atoms with van der Waals surface area (Å²) in [6.45, 7) is 0. The maximum Gasteiger partial charge on any atom is 0.320 e. The maximum absolute atomic E-state index is 12.0. The second kappa shape index (κ2) is 6.64. The molecule has 0 saturated heterocycles. The molecule has 2 amide bonds. The summed E-state index contributed by atoms with van der Waals surface area (Å²) in [7, 11) is 0. The predicted octanol–water partition coefficient (Wildman–Crippen LogP) is 2.88. The summed E-state index contributed by atoms with van der Waals surface area (Å²) in [5, 5.41) is 5.62. The van der Waals surface area contributed by atoms with E-state index in [-0.39, 0.29) is 12.1 Å². The van der Waals surface area contributed by atoms with E-state index in [4.69, 9.17) is 0 Å². The molecule has 0 aliphatic heterocycles. The zero-order valence-electron chi connectivity index (χ0n) is 13.4. The smallest absolute Gasteiger partial charge is 0.320 e. The van der Waals surface area contributed by atoms with E-state index in [0.29, 0.717) is 17.2 Å². The van der Waals surface area contributed by atoms with Gasteiger partial charge >= 0.3 is 6.03 Å². The summed E-state index contributed by atoms with van der Waals surface area (Å²) >= 11 is 0. The molecule has 1 fully saturated rings. The maximum atomic E-state index is 12.0. The van der Waals surface area contributed by atoms with Gasteiger partial charge in [-0.2, -0.15) is 0 Å². The van der Waals surface area contributed by atoms with Gasteiger partial charge in [0.1, 0.15) is 5.69 Å². The Kier molecular flexibility index (Phi) is 4.04. The van der Waals surface area contributed by atoms with E-state index in [1.807, 2.05) is 24.3 Å². The molecule has 1 aliphatic rings. The minimum Gasteiger partial charge on any atom is -0.335 e. The average Bonchev–Trinajstić information content (AvgIpc) is 3.47. The third kappa shape index (κ3) is 3.60. The first-order chi connectivity index (χ1) is 12.3. The Bertz CT molecular complexity index is 881. The van der Waals surface area contributed by atoms with Gasteiger partial charge in [-0.25, -0.2) is 9.78 Å². The Morgan fingerprint density at radius 1 is 0.960 bits per heavy atom. The van der Waals surface area contributed by atoms with Crippen LogP contribution < -0.4 is 10.6 Å². The van der Waals surface area contributed by atoms with Crippen molar-refractivity contribution >= 4 is 11.8 Å². The number of anilines is 1. The average molecular weight is 332 g/mol. The summed E-state index contributed by atoms with van der Waals surface area (Å²) in [6, 6.07) is 7.52. The molecule has 124 valence electrons. The molecule has 3 heterocycles. The van der Waals surface area contributed by atoms with Gasteiger partial charge in [-0.1, -0.05) is 0 Å². The van der Waals surface area contributed by atoms with Crippen LogP contribution in [0.3, 0.4) is 0 Å². The number of nitrogens with one attached hydrogen (secondary N) is 2. The Hall–Kier alpha value is -3.35. The molecule has 1 aliphatic carbocycles. The summed E-state index contributed by atoms with van der Waals surface area (Å²) < 4.78 is 0. The van der Waals surface area contributed by atoms with E-state index in [0.717, 1.165) is 24.0 Å². The summed E-state index contributed by atoms with van der Waals surface area (Å²) in [4.78, 5) is 29.3. The van der Waals surface area contributed by atoms with E-state index < -0.39 is 0 Å².